The van der Waals surface area contributed by atoms with E-state index in [0.717, 1.165) is 39.4 Å². The predicted molar refractivity (Wildman–Crippen MR) is 157 cm³/mol. The van der Waals surface area contributed by atoms with E-state index in [-0.39, 0.29) is 10.5 Å². The van der Waals surface area contributed by atoms with Crippen molar-refractivity contribution in [2.45, 2.75) is 30.7 Å². The van der Waals surface area contributed by atoms with Crippen LogP contribution >= 0.6 is 0 Å². The van der Waals surface area contributed by atoms with Crippen LogP contribution in [-0.2, 0) is 10.0 Å². The van der Waals surface area contributed by atoms with Crippen molar-refractivity contribution in [2.75, 3.05) is 25.5 Å². The molecule has 0 unspecified atom stereocenters. The number of aryl methyl sites for hydroxylation is 1. The highest BCUT2D eigenvalue weighted by Gasteiger charge is 2.24. The van der Waals surface area contributed by atoms with Crippen molar-refractivity contribution in [3.63, 3.8) is 0 Å². The number of nitrogens with zero attached hydrogens (tertiary/aromatic N) is 4. The van der Waals surface area contributed by atoms with Crippen molar-refractivity contribution < 1.29 is 17.9 Å². The third-order valence-electron chi connectivity index (χ3n) is 7.48. The van der Waals surface area contributed by atoms with Crippen LogP contribution in [0.5, 0.6) is 5.75 Å². The van der Waals surface area contributed by atoms with Gasteiger partial charge in [-0.2, -0.15) is 5.10 Å². The van der Waals surface area contributed by atoms with Crippen LogP contribution in [0.1, 0.15) is 28.8 Å². The first-order valence-corrected chi connectivity index (χ1v) is 14.8. The highest BCUT2D eigenvalue weighted by Crippen LogP contribution is 2.33. The van der Waals surface area contributed by atoms with Gasteiger partial charge in [-0.15, -0.1) is 0 Å². The smallest absolute Gasteiger partial charge is 0.269 e. The first-order valence-electron chi connectivity index (χ1n) is 13.4. The molecule has 1 amide bonds. The van der Waals surface area contributed by atoms with E-state index >= 15 is 0 Å². The summed E-state index contributed by atoms with van der Waals surface area (Å²) in [5.74, 6) is 0.319. The number of nitrogens with one attached hydrogen (secondary N) is 2. The Kier molecular flexibility index (Phi) is 7.06. The SMILES string of the molecule is Cc1ccc(S(=O)(=O)n2cc(NC(=O)c3cn[nH]c3)c3cc(-c4cccc(OC[C@@H]5CCCN5C)c4)cnc32)cc1. The number of aromatic amines is 1. The largest absolute Gasteiger partial charge is 0.492 e. The van der Waals surface area contributed by atoms with Crippen LogP contribution in [-0.4, -0.2) is 64.6 Å². The molecule has 0 bridgehead atoms. The van der Waals surface area contributed by atoms with Gasteiger partial charge in [-0.25, -0.2) is 17.4 Å². The van der Waals surface area contributed by atoms with E-state index in [1.165, 1.54) is 25.0 Å². The molecule has 1 aliphatic rings. The number of ether oxygens (including phenoxy) is 1. The molecule has 1 saturated heterocycles. The van der Waals surface area contributed by atoms with Gasteiger partial charge < -0.3 is 15.0 Å². The normalized spacial score (nSPS) is 15.8. The maximum absolute atomic E-state index is 13.7. The fourth-order valence-electron chi connectivity index (χ4n) is 5.06. The zero-order valence-corrected chi connectivity index (χ0v) is 23.6. The Bertz CT molecular complexity index is 1810. The Morgan fingerprint density at radius 1 is 1.12 bits per heavy atom. The summed E-state index contributed by atoms with van der Waals surface area (Å²) in [4.78, 5) is 19.9. The van der Waals surface area contributed by atoms with Crippen LogP contribution in [0.25, 0.3) is 22.2 Å². The minimum atomic E-state index is -4.00. The summed E-state index contributed by atoms with van der Waals surface area (Å²) in [6, 6.07) is 16.6. The van der Waals surface area contributed by atoms with Crippen molar-refractivity contribution in [2.24, 2.45) is 0 Å². The van der Waals surface area contributed by atoms with E-state index in [0.29, 0.717) is 29.3 Å². The highest BCUT2D eigenvalue weighted by molar-refractivity contribution is 7.90. The van der Waals surface area contributed by atoms with Crippen LogP contribution in [0.15, 0.2) is 84.3 Å². The molecule has 0 aliphatic carbocycles. The number of aromatic nitrogens is 4. The van der Waals surface area contributed by atoms with Gasteiger partial charge >= 0.3 is 0 Å². The summed E-state index contributed by atoms with van der Waals surface area (Å²) in [5.41, 5.74) is 3.39. The fraction of sp³-hybridized carbons (Fsp3) is 0.233. The summed E-state index contributed by atoms with van der Waals surface area (Å²) in [5, 5.41) is 9.76. The zero-order chi connectivity index (χ0) is 28.6. The molecule has 11 heteroatoms. The Balaban J connectivity index is 1.39. The summed E-state index contributed by atoms with van der Waals surface area (Å²) >= 11 is 0. The predicted octanol–water partition coefficient (Wildman–Crippen LogP) is 4.70. The molecule has 0 spiro atoms. The van der Waals surface area contributed by atoms with Gasteiger partial charge in [-0.3, -0.25) is 9.89 Å². The Hall–Kier alpha value is -4.48. The van der Waals surface area contributed by atoms with E-state index in [4.69, 9.17) is 4.74 Å². The standard InChI is InChI=1S/C30H30N6O4S/c1-20-8-10-26(11-9-20)41(38,39)36-18-28(34-30(37)23-16-32-33-17-23)27-14-22(15-31-29(27)36)21-5-3-7-25(13-21)40-19-24-6-4-12-35(24)2/h3,5,7-11,13-18,24H,4,6,12,19H2,1-2H3,(H,32,33)(H,34,37)/t24-/m0/s1. The molecule has 2 aromatic carbocycles. The molecule has 0 radical (unpaired) electrons. The van der Waals surface area contributed by atoms with Crippen molar-refractivity contribution >= 4 is 32.7 Å². The number of fused-ring (bicyclic) bond motifs is 1. The number of likely N-dealkylation sites (tertiary alicyclic amines) is 1. The summed E-state index contributed by atoms with van der Waals surface area (Å²) in [7, 11) is -1.88. The van der Waals surface area contributed by atoms with E-state index in [1.807, 2.05) is 37.3 Å². The summed E-state index contributed by atoms with van der Waals surface area (Å²) in [6.07, 6.45) is 8.19. The average Bonchev–Trinajstić information content (AvgIpc) is 3.73. The van der Waals surface area contributed by atoms with Crippen LogP contribution in [0, 0.1) is 6.92 Å². The van der Waals surface area contributed by atoms with Gasteiger partial charge in [-0.05, 0) is 69.3 Å². The first kappa shape index (κ1) is 26.7. The molecule has 1 fully saturated rings. The molecule has 5 aromatic rings. The Morgan fingerprint density at radius 2 is 1.95 bits per heavy atom. The molecule has 6 rings (SSSR count). The van der Waals surface area contributed by atoms with Gasteiger partial charge in [0.15, 0.2) is 5.65 Å². The number of benzene rings is 2. The van der Waals surface area contributed by atoms with Crippen LogP contribution < -0.4 is 10.1 Å². The highest BCUT2D eigenvalue weighted by atomic mass is 32.2. The van der Waals surface area contributed by atoms with Crippen molar-refractivity contribution in [1.82, 2.24) is 24.1 Å². The number of carbonyl (C=O) groups is 1. The molecule has 3 aromatic heterocycles. The number of carbonyl (C=O) groups excluding carboxylic acids is 1. The molecular formula is C30H30N6O4S. The Morgan fingerprint density at radius 3 is 2.68 bits per heavy atom. The van der Waals surface area contributed by atoms with Gasteiger partial charge in [0, 0.05) is 35.6 Å². The second-order valence-electron chi connectivity index (χ2n) is 10.3. The maximum atomic E-state index is 13.7. The lowest BCUT2D eigenvalue weighted by atomic mass is 10.1. The van der Waals surface area contributed by atoms with E-state index in [1.54, 1.807) is 30.5 Å². The molecule has 1 aliphatic heterocycles. The minimum absolute atomic E-state index is 0.122. The molecule has 2 N–H and O–H groups in total. The molecule has 10 nitrogen and oxygen atoms in total. The average molecular weight is 571 g/mol. The third-order valence-corrected chi connectivity index (χ3v) is 9.14. The number of pyridine rings is 1. The molecule has 0 saturated carbocycles. The lowest BCUT2D eigenvalue weighted by molar-refractivity contribution is 0.102. The van der Waals surface area contributed by atoms with E-state index in [9.17, 15) is 13.2 Å². The lowest BCUT2D eigenvalue weighted by Gasteiger charge is -2.19. The summed E-state index contributed by atoms with van der Waals surface area (Å²) < 4.78 is 34.6. The van der Waals surface area contributed by atoms with Crippen molar-refractivity contribution in [1.29, 1.82) is 0 Å². The second-order valence-corrected chi connectivity index (χ2v) is 12.1. The van der Waals surface area contributed by atoms with Crippen molar-refractivity contribution in [3.05, 3.63) is 90.5 Å². The van der Waals surface area contributed by atoms with Gasteiger partial charge in [0.05, 0.1) is 22.3 Å². The quantitative estimate of drug-likeness (QED) is 0.277. The van der Waals surface area contributed by atoms with E-state index in [2.05, 4.69) is 32.4 Å². The number of hydrogen-bond donors (Lipinski definition) is 2. The number of rotatable bonds is 8. The monoisotopic (exact) mass is 570 g/mol. The number of hydrogen-bond acceptors (Lipinski definition) is 7. The van der Waals surface area contributed by atoms with E-state index < -0.39 is 15.9 Å². The second kappa shape index (κ2) is 10.8. The van der Waals surface area contributed by atoms with Crippen LogP contribution in [0.2, 0.25) is 0 Å². The van der Waals surface area contributed by atoms with Crippen LogP contribution in [0.3, 0.4) is 0 Å². The fourth-order valence-corrected chi connectivity index (χ4v) is 6.39. The number of likely N-dealkylation sites (N-methyl/N-ethyl adjacent to an activating group) is 1. The lowest BCUT2D eigenvalue weighted by Crippen LogP contribution is -2.30. The number of amides is 1. The molecule has 4 heterocycles. The Labute approximate surface area is 238 Å². The van der Waals surface area contributed by atoms with Crippen LogP contribution in [0.4, 0.5) is 5.69 Å². The number of anilines is 1. The molecule has 210 valence electrons. The van der Waals surface area contributed by atoms with Gasteiger partial charge in [0.1, 0.15) is 12.4 Å². The number of H-pyrrole nitrogens is 1. The zero-order valence-electron chi connectivity index (χ0n) is 22.7. The molecule has 41 heavy (non-hydrogen) atoms. The topological polar surface area (TPSA) is 122 Å². The molecular weight excluding hydrogens is 540 g/mol. The maximum Gasteiger partial charge on any atom is 0.269 e. The summed E-state index contributed by atoms with van der Waals surface area (Å²) in [6.45, 7) is 3.58. The van der Waals surface area contributed by atoms with Crippen molar-refractivity contribution in [3.8, 4) is 16.9 Å². The minimum Gasteiger partial charge on any atom is -0.492 e. The van der Waals surface area contributed by atoms with Gasteiger partial charge in [-0.1, -0.05) is 29.8 Å². The first-order chi connectivity index (χ1) is 19.8. The third kappa shape index (κ3) is 5.33. The van der Waals surface area contributed by atoms with Gasteiger partial charge in [0.25, 0.3) is 15.9 Å². The van der Waals surface area contributed by atoms with Gasteiger partial charge in [0.2, 0.25) is 0 Å². The molecule has 1 atom stereocenters.